The number of amidine groups is 1. The number of rotatable bonds is 3. The number of hydrogen-bond donors (Lipinski definition) is 3. The summed E-state index contributed by atoms with van der Waals surface area (Å²) in [6.45, 7) is 0. The van der Waals surface area contributed by atoms with Gasteiger partial charge in [-0.05, 0) is 28.1 Å². The molecule has 0 spiro atoms. The summed E-state index contributed by atoms with van der Waals surface area (Å²) >= 11 is 8.93. The van der Waals surface area contributed by atoms with Gasteiger partial charge in [0.1, 0.15) is 17.6 Å². The highest BCUT2D eigenvalue weighted by Gasteiger charge is 2.10. The van der Waals surface area contributed by atoms with Crippen molar-refractivity contribution in [2.24, 2.45) is 10.8 Å². The molecule has 0 aliphatic rings. The number of anilines is 1. The number of nitrogens with one attached hydrogen (secondary N) is 2. The third-order valence-electron chi connectivity index (χ3n) is 1.68. The molecule has 0 bridgehead atoms. The zero-order valence-electron chi connectivity index (χ0n) is 8.26. The zero-order valence-corrected chi connectivity index (χ0v) is 10.6. The fourth-order valence-corrected chi connectivity index (χ4v) is 1.41. The molecule has 1 aromatic rings. The second-order valence-corrected chi connectivity index (χ2v) is 4.05. The largest absolute Gasteiger partial charge is 0.382 e. The standard InChI is InChI=1S/C9H6BrClFN5/c10-4-1-2-5(12)8(7(4)11)17-16-6(3-13)9(14)15/h1-2,17H,(H3,14,15)/b16-6+. The number of nitriles is 1. The van der Waals surface area contributed by atoms with E-state index in [2.05, 4.69) is 26.5 Å². The molecule has 5 nitrogen and oxygen atoms in total. The Morgan fingerprint density at radius 2 is 2.29 bits per heavy atom. The Balaban J connectivity index is 3.09. The van der Waals surface area contributed by atoms with Gasteiger partial charge in [-0.15, -0.1) is 0 Å². The predicted octanol–water partition coefficient (Wildman–Crippen LogP) is 2.47. The minimum Gasteiger partial charge on any atom is -0.382 e. The van der Waals surface area contributed by atoms with E-state index in [9.17, 15) is 4.39 Å². The first-order valence-corrected chi connectivity index (χ1v) is 5.36. The lowest BCUT2D eigenvalue weighted by molar-refractivity contribution is 0.630. The Morgan fingerprint density at radius 3 is 2.82 bits per heavy atom. The molecule has 1 rings (SSSR count). The highest BCUT2D eigenvalue weighted by molar-refractivity contribution is 9.10. The van der Waals surface area contributed by atoms with E-state index in [1.807, 2.05) is 0 Å². The molecule has 0 fully saturated rings. The Kier molecular flexibility index (Phi) is 4.43. The predicted molar refractivity (Wildman–Crippen MR) is 67.7 cm³/mol. The molecule has 0 aliphatic carbocycles. The third-order valence-corrected chi connectivity index (χ3v) is 2.97. The van der Waals surface area contributed by atoms with Gasteiger partial charge in [-0.3, -0.25) is 10.8 Å². The van der Waals surface area contributed by atoms with Gasteiger partial charge in [-0.1, -0.05) is 11.6 Å². The van der Waals surface area contributed by atoms with Crippen molar-refractivity contribution >= 4 is 44.8 Å². The van der Waals surface area contributed by atoms with Crippen molar-refractivity contribution in [2.45, 2.75) is 0 Å². The van der Waals surface area contributed by atoms with Crippen LogP contribution in [0, 0.1) is 22.6 Å². The average Bonchev–Trinajstić information content (AvgIpc) is 2.28. The maximum atomic E-state index is 13.4. The van der Waals surface area contributed by atoms with Crippen LogP contribution < -0.4 is 11.2 Å². The number of hydrogen-bond acceptors (Lipinski definition) is 4. The average molecular weight is 319 g/mol. The molecule has 4 N–H and O–H groups in total. The van der Waals surface area contributed by atoms with E-state index >= 15 is 0 Å². The molecule has 17 heavy (non-hydrogen) atoms. The molecule has 1 aromatic carbocycles. The molecule has 0 saturated heterocycles. The quantitative estimate of drug-likeness (QED) is 0.345. The molecule has 0 radical (unpaired) electrons. The summed E-state index contributed by atoms with van der Waals surface area (Å²) < 4.78 is 13.9. The lowest BCUT2D eigenvalue weighted by atomic mass is 10.3. The zero-order chi connectivity index (χ0) is 13.0. The van der Waals surface area contributed by atoms with E-state index in [1.165, 1.54) is 12.1 Å². The summed E-state index contributed by atoms with van der Waals surface area (Å²) in [5.41, 5.74) is 6.87. The number of halogens is 3. The third kappa shape index (κ3) is 3.15. The number of nitrogens with two attached hydrogens (primary N) is 1. The van der Waals surface area contributed by atoms with Crippen molar-refractivity contribution in [3.8, 4) is 6.07 Å². The van der Waals surface area contributed by atoms with Gasteiger partial charge in [-0.25, -0.2) is 4.39 Å². The van der Waals surface area contributed by atoms with Crippen LogP contribution in [0.4, 0.5) is 10.1 Å². The molecule has 0 aromatic heterocycles. The first kappa shape index (κ1) is 13.4. The first-order chi connectivity index (χ1) is 7.97. The number of nitrogens with zero attached hydrogens (tertiary/aromatic N) is 2. The van der Waals surface area contributed by atoms with Crippen LogP contribution in [0.2, 0.25) is 5.02 Å². The minimum absolute atomic E-state index is 0.0783. The summed E-state index contributed by atoms with van der Waals surface area (Å²) in [6.07, 6.45) is 0. The van der Waals surface area contributed by atoms with E-state index in [0.29, 0.717) is 4.47 Å². The van der Waals surface area contributed by atoms with Crippen LogP contribution in [0.15, 0.2) is 21.7 Å². The maximum absolute atomic E-state index is 13.4. The Bertz CT molecular complexity index is 537. The fourth-order valence-electron chi connectivity index (χ4n) is 0.887. The lowest BCUT2D eigenvalue weighted by Gasteiger charge is -2.06. The molecule has 0 aliphatic heterocycles. The van der Waals surface area contributed by atoms with Gasteiger partial charge in [-0.2, -0.15) is 10.4 Å². The molecule has 88 valence electrons. The maximum Gasteiger partial charge on any atom is 0.201 e. The topological polar surface area (TPSA) is 98.0 Å². The van der Waals surface area contributed by atoms with E-state index < -0.39 is 11.7 Å². The second kappa shape index (κ2) is 5.61. The normalized spacial score (nSPS) is 10.8. The highest BCUT2D eigenvalue weighted by Crippen LogP contribution is 2.32. The molecular formula is C9H6BrClFN5. The molecule has 0 saturated carbocycles. The SMILES string of the molecule is N#C/C(=N\Nc1c(F)ccc(Br)c1Cl)C(=N)N. The van der Waals surface area contributed by atoms with Crippen LogP contribution in [0.3, 0.4) is 0 Å². The van der Waals surface area contributed by atoms with E-state index in [-0.39, 0.29) is 16.4 Å². The van der Waals surface area contributed by atoms with Crippen molar-refractivity contribution in [1.29, 1.82) is 10.7 Å². The van der Waals surface area contributed by atoms with Crippen LogP contribution in [0.1, 0.15) is 0 Å². The van der Waals surface area contributed by atoms with Crippen LogP contribution in [-0.4, -0.2) is 11.5 Å². The molecule has 0 amide bonds. The lowest BCUT2D eigenvalue weighted by Crippen LogP contribution is -2.22. The van der Waals surface area contributed by atoms with E-state index in [0.717, 1.165) is 0 Å². The summed E-state index contributed by atoms with van der Waals surface area (Å²) in [6, 6.07) is 4.19. The first-order valence-electron chi connectivity index (χ1n) is 4.19. The monoisotopic (exact) mass is 317 g/mol. The van der Waals surface area contributed by atoms with Crippen LogP contribution >= 0.6 is 27.5 Å². The smallest absolute Gasteiger partial charge is 0.201 e. The summed E-state index contributed by atoms with van der Waals surface area (Å²) in [4.78, 5) is 0. The van der Waals surface area contributed by atoms with Gasteiger partial charge in [0, 0.05) is 4.47 Å². The van der Waals surface area contributed by atoms with E-state index in [4.69, 9.17) is 28.0 Å². The highest BCUT2D eigenvalue weighted by atomic mass is 79.9. The van der Waals surface area contributed by atoms with Crippen molar-refractivity contribution in [2.75, 3.05) is 5.43 Å². The molecule has 8 heteroatoms. The Hall–Kier alpha value is -1.65. The van der Waals surface area contributed by atoms with Gasteiger partial charge >= 0.3 is 0 Å². The number of hydrazone groups is 1. The van der Waals surface area contributed by atoms with Crippen LogP contribution in [0.25, 0.3) is 0 Å². The van der Waals surface area contributed by atoms with Crippen LogP contribution in [-0.2, 0) is 0 Å². The van der Waals surface area contributed by atoms with Gasteiger partial charge in [0.2, 0.25) is 5.71 Å². The van der Waals surface area contributed by atoms with Gasteiger partial charge in [0.05, 0.1) is 5.02 Å². The summed E-state index contributed by atoms with van der Waals surface area (Å²) in [5, 5.41) is 19.2. The summed E-state index contributed by atoms with van der Waals surface area (Å²) in [7, 11) is 0. The molecular weight excluding hydrogens is 312 g/mol. The fraction of sp³-hybridized carbons (Fsp3) is 0. The Morgan fingerprint density at radius 1 is 1.65 bits per heavy atom. The van der Waals surface area contributed by atoms with Crippen molar-refractivity contribution < 1.29 is 4.39 Å². The van der Waals surface area contributed by atoms with Gasteiger partial charge < -0.3 is 5.73 Å². The van der Waals surface area contributed by atoms with Gasteiger partial charge in [0.25, 0.3) is 0 Å². The molecule has 0 heterocycles. The van der Waals surface area contributed by atoms with E-state index in [1.54, 1.807) is 6.07 Å². The van der Waals surface area contributed by atoms with Crippen molar-refractivity contribution in [1.82, 2.24) is 0 Å². The minimum atomic E-state index is -0.636. The number of benzene rings is 1. The second-order valence-electron chi connectivity index (χ2n) is 2.82. The van der Waals surface area contributed by atoms with Crippen LogP contribution in [0.5, 0.6) is 0 Å². The molecule has 0 unspecified atom stereocenters. The summed E-state index contributed by atoms with van der Waals surface area (Å²) in [5.74, 6) is -1.16. The van der Waals surface area contributed by atoms with Gasteiger partial charge in [0.15, 0.2) is 5.84 Å². The van der Waals surface area contributed by atoms with Crippen molar-refractivity contribution in [3.63, 3.8) is 0 Å². The van der Waals surface area contributed by atoms with Crippen molar-refractivity contribution in [3.05, 3.63) is 27.4 Å². The molecule has 0 atom stereocenters. The Labute approximate surface area is 110 Å².